The molecule has 1 aliphatic rings. The molecular weight excluding hydrogens is 212 g/mol. The maximum absolute atomic E-state index is 5.88. The van der Waals surface area contributed by atoms with Crippen LogP contribution in [-0.4, -0.2) is 15.5 Å². The van der Waals surface area contributed by atoms with Gasteiger partial charge in [-0.2, -0.15) is 0 Å². The van der Waals surface area contributed by atoms with Crippen molar-refractivity contribution >= 4 is 11.6 Å². The number of aryl methyl sites for hydroxylation is 1. The number of nitrogens with two attached hydrogens (primary N) is 1. The van der Waals surface area contributed by atoms with Gasteiger partial charge in [0.2, 0.25) is 0 Å². The van der Waals surface area contributed by atoms with Gasteiger partial charge in [0, 0.05) is 11.1 Å². The number of aromatic nitrogens is 2. The van der Waals surface area contributed by atoms with Crippen LogP contribution >= 0.6 is 0 Å². The predicted octanol–water partition coefficient (Wildman–Crippen LogP) is 2.81. The molecule has 1 aromatic heterocycles. The van der Waals surface area contributed by atoms with Crippen LogP contribution in [0.15, 0.2) is 0 Å². The number of hydrogen-bond donors (Lipinski definition) is 2. The van der Waals surface area contributed by atoms with E-state index in [1.807, 2.05) is 13.8 Å². The second-order valence-electron chi connectivity index (χ2n) is 5.38. The summed E-state index contributed by atoms with van der Waals surface area (Å²) < 4.78 is 0. The van der Waals surface area contributed by atoms with Crippen LogP contribution in [-0.2, 0) is 0 Å². The normalized spacial score (nSPS) is 19.0. The van der Waals surface area contributed by atoms with Crippen LogP contribution in [0.4, 0.5) is 11.6 Å². The largest absolute Gasteiger partial charge is 0.383 e. The molecule has 0 aromatic carbocycles. The molecule has 17 heavy (non-hydrogen) atoms. The van der Waals surface area contributed by atoms with Crippen molar-refractivity contribution in [3.63, 3.8) is 0 Å². The molecule has 0 aliphatic heterocycles. The first-order valence-electron chi connectivity index (χ1n) is 6.39. The molecule has 94 valence electrons. The number of hydrogen-bond acceptors (Lipinski definition) is 4. The summed E-state index contributed by atoms with van der Waals surface area (Å²) in [6.07, 6.45) is 6.34. The quantitative estimate of drug-likeness (QED) is 0.826. The van der Waals surface area contributed by atoms with Gasteiger partial charge < -0.3 is 11.1 Å². The molecule has 1 fully saturated rings. The molecule has 2 rings (SSSR count). The predicted molar refractivity (Wildman–Crippen MR) is 71.0 cm³/mol. The third kappa shape index (κ3) is 2.68. The molecule has 0 unspecified atom stereocenters. The van der Waals surface area contributed by atoms with E-state index >= 15 is 0 Å². The lowest BCUT2D eigenvalue weighted by atomic mass is 9.83. The molecule has 0 bridgehead atoms. The van der Waals surface area contributed by atoms with Gasteiger partial charge in [0.05, 0.1) is 0 Å². The molecule has 1 heterocycles. The van der Waals surface area contributed by atoms with Crippen LogP contribution in [0.25, 0.3) is 0 Å². The van der Waals surface area contributed by atoms with Gasteiger partial charge in [-0.25, -0.2) is 9.97 Å². The maximum Gasteiger partial charge on any atom is 0.135 e. The second kappa shape index (κ2) is 4.51. The first kappa shape index (κ1) is 12.1. The number of anilines is 2. The zero-order valence-electron chi connectivity index (χ0n) is 11.0. The summed E-state index contributed by atoms with van der Waals surface area (Å²) in [7, 11) is 0. The van der Waals surface area contributed by atoms with Crippen LogP contribution in [0.5, 0.6) is 0 Å². The van der Waals surface area contributed by atoms with E-state index in [0.717, 1.165) is 17.2 Å². The molecule has 4 nitrogen and oxygen atoms in total. The van der Waals surface area contributed by atoms with Gasteiger partial charge in [-0.1, -0.05) is 19.3 Å². The topological polar surface area (TPSA) is 63.8 Å². The fourth-order valence-corrected chi connectivity index (χ4v) is 2.51. The van der Waals surface area contributed by atoms with Gasteiger partial charge in [0.15, 0.2) is 0 Å². The molecule has 4 heteroatoms. The van der Waals surface area contributed by atoms with Gasteiger partial charge >= 0.3 is 0 Å². The van der Waals surface area contributed by atoms with Crippen molar-refractivity contribution in [2.75, 3.05) is 11.1 Å². The Bertz CT molecular complexity index is 408. The summed E-state index contributed by atoms with van der Waals surface area (Å²) in [5.41, 5.74) is 7.00. The zero-order valence-corrected chi connectivity index (χ0v) is 11.0. The van der Waals surface area contributed by atoms with Crippen LogP contribution in [0, 0.1) is 13.8 Å². The molecule has 3 N–H and O–H groups in total. The van der Waals surface area contributed by atoms with Crippen molar-refractivity contribution in [1.29, 1.82) is 0 Å². The van der Waals surface area contributed by atoms with Gasteiger partial charge in [-0.15, -0.1) is 0 Å². The molecule has 0 spiro atoms. The summed E-state index contributed by atoms with van der Waals surface area (Å²) in [5, 5.41) is 3.58. The Morgan fingerprint density at radius 1 is 1.12 bits per heavy atom. The van der Waals surface area contributed by atoms with E-state index in [0.29, 0.717) is 5.82 Å². The van der Waals surface area contributed by atoms with Crippen molar-refractivity contribution in [2.45, 2.75) is 58.4 Å². The Morgan fingerprint density at radius 3 is 2.41 bits per heavy atom. The SMILES string of the molecule is Cc1nc(N)c(C)c(NC2(C)CCCCC2)n1. The molecule has 1 aliphatic carbocycles. The average molecular weight is 234 g/mol. The summed E-state index contributed by atoms with van der Waals surface area (Å²) >= 11 is 0. The highest BCUT2D eigenvalue weighted by Crippen LogP contribution is 2.32. The number of nitrogens with zero attached hydrogens (tertiary/aromatic N) is 2. The first-order valence-corrected chi connectivity index (χ1v) is 6.39. The fourth-order valence-electron chi connectivity index (χ4n) is 2.51. The molecule has 0 amide bonds. The summed E-state index contributed by atoms with van der Waals surface area (Å²) in [6.45, 7) is 6.13. The van der Waals surface area contributed by atoms with Gasteiger partial charge in [-0.3, -0.25) is 0 Å². The second-order valence-corrected chi connectivity index (χ2v) is 5.38. The first-order chi connectivity index (χ1) is 8.00. The van der Waals surface area contributed by atoms with Crippen molar-refractivity contribution in [1.82, 2.24) is 9.97 Å². The van der Waals surface area contributed by atoms with E-state index < -0.39 is 0 Å². The van der Waals surface area contributed by atoms with Crippen LogP contribution < -0.4 is 11.1 Å². The van der Waals surface area contributed by atoms with E-state index in [1.54, 1.807) is 0 Å². The Hall–Kier alpha value is -1.32. The molecule has 0 radical (unpaired) electrons. The van der Waals surface area contributed by atoms with E-state index in [-0.39, 0.29) is 5.54 Å². The van der Waals surface area contributed by atoms with Crippen LogP contribution in [0.2, 0.25) is 0 Å². The van der Waals surface area contributed by atoms with Crippen molar-refractivity contribution in [2.24, 2.45) is 0 Å². The van der Waals surface area contributed by atoms with Crippen molar-refractivity contribution in [3.05, 3.63) is 11.4 Å². The standard InChI is InChI=1S/C13H22N4/c1-9-11(14)15-10(2)16-12(9)17-13(3)7-5-4-6-8-13/h4-8H2,1-3H3,(H3,14,15,16,17). The Morgan fingerprint density at radius 2 is 1.76 bits per heavy atom. The average Bonchev–Trinajstić information content (AvgIpc) is 2.26. The fraction of sp³-hybridized carbons (Fsp3) is 0.692. The molecule has 0 saturated heterocycles. The lowest BCUT2D eigenvalue weighted by Gasteiger charge is -2.35. The van der Waals surface area contributed by atoms with E-state index in [9.17, 15) is 0 Å². The Labute approximate surface area is 103 Å². The van der Waals surface area contributed by atoms with Crippen LogP contribution in [0.3, 0.4) is 0 Å². The molecule has 0 atom stereocenters. The van der Waals surface area contributed by atoms with Gasteiger partial charge in [0.1, 0.15) is 17.5 Å². The lowest BCUT2D eigenvalue weighted by Crippen LogP contribution is -2.37. The highest BCUT2D eigenvalue weighted by molar-refractivity contribution is 5.55. The van der Waals surface area contributed by atoms with E-state index in [1.165, 1.54) is 32.1 Å². The van der Waals surface area contributed by atoms with E-state index in [4.69, 9.17) is 5.73 Å². The zero-order chi connectivity index (χ0) is 12.5. The smallest absolute Gasteiger partial charge is 0.135 e. The highest BCUT2D eigenvalue weighted by atomic mass is 15.1. The minimum atomic E-state index is 0.163. The van der Waals surface area contributed by atoms with Crippen molar-refractivity contribution in [3.8, 4) is 0 Å². The van der Waals surface area contributed by atoms with Gasteiger partial charge in [-0.05, 0) is 33.6 Å². The lowest BCUT2D eigenvalue weighted by molar-refractivity contribution is 0.348. The summed E-state index contributed by atoms with van der Waals surface area (Å²) in [5.74, 6) is 2.22. The third-order valence-electron chi connectivity index (χ3n) is 3.67. The molecular formula is C13H22N4. The third-order valence-corrected chi connectivity index (χ3v) is 3.67. The number of rotatable bonds is 2. The Balaban J connectivity index is 2.23. The van der Waals surface area contributed by atoms with Crippen LogP contribution in [0.1, 0.15) is 50.4 Å². The van der Waals surface area contributed by atoms with Crippen molar-refractivity contribution < 1.29 is 0 Å². The number of nitrogen functional groups attached to an aromatic ring is 1. The summed E-state index contributed by atoms with van der Waals surface area (Å²) in [4.78, 5) is 8.65. The summed E-state index contributed by atoms with van der Waals surface area (Å²) in [6, 6.07) is 0. The molecule has 1 saturated carbocycles. The number of nitrogens with one attached hydrogen (secondary N) is 1. The monoisotopic (exact) mass is 234 g/mol. The van der Waals surface area contributed by atoms with E-state index in [2.05, 4.69) is 22.2 Å². The minimum absolute atomic E-state index is 0.163. The highest BCUT2D eigenvalue weighted by Gasteiger charge is 2.27. The molecule has 1 aromatic rings. The minimum Gasteiger partial charge on any atom is -0.383 e. The Kier molecular flexibility index (Phi) is 3.22. The van der Waals surface area contributed by atoms with Gasteiger partial charge in [0.25, 0.3) is 0 Å². The maximum atomic E-state index is 5.88.